The van der Waals surface area contributed by atoms with Gasteiger partial charge in [0.05, 0.1) is 16.8 Å². The molecule has 0 aliphatic heterocycles. The summed E-state index contributed by atoms with van der Waals surface area (Å²) in [6, 6.07) is 8.27. The molecule has 0 saturated heterocycles. The van der Waals surface area contributed by atoms with E-state index in [9.17, 15) is 0 Å². The number of halogens is 2. The molecule has 1 N–H and O–H groups in total. The third kappa shape index (κ3) is 3.44. The molecule has 19 heavy (non-hydrogen) atoms. The van der Waals surface area contributed by atoms with E-state index in [-0.39, 0.29) is 6.04 Å². The van der Waals surface area contributed by atoms with Crippen molar-refractivity contribution in [3.05, 3.63) is 50.1 Å². The Balaban J connectivity index is 2.30. The van der Waals surface area contributed by atoms with Crippen molar-refractivity contribution in [1.29, 1.82) is 0 Å². The van der Waals surface area contributed by atoms with Crippen molar-refractivity contribution in [3.8, 4) is 0 Å². The van der Waals surface area contributed by atoms with Crippen LogP contribution in [-0.4, -0.2) is 0 Å². The fourth-order valence-electron chi connectivity index (χ4n) is 1.96. The summed E-state index contributed by atoms with van der Waals surface area (Å²) in [6.07, 6.45) is 0. The fraction of sp³-hybridized carbons (Fsp3) is 0.333. The van der Waals surface area contributed by atoms with Crippen molar-refractivity contribution >= 4 is 40.2 Å². The van der Waals surface area contributed by atoms with Crippen molar-refractivity contribution in [2.24, 2.45) is 5.92 Å². The first-order chi connectivity index (χ1) is 8.99. The van der Waals surface area contributed by atoms with E-state index < -0.39 is 0 Å². The Hall–Kier alpha value is -0.700. The average molecular weight is 314 g/mol. The maximum atomic E-state index is 6.29. The second kappa shape index (κ2) is 6.17. The van der Waals surface area contributed by atoms with Gasteiger partial charge in [-0.2, -0.15) is 0 Å². The van der Waals surface area contributed by atoms with Gasteiger partial charge in [-0.15, -0.1) is 11.3 Å². The third-order valence-corrected chi connectivity index (χ3v) is 4.75. The molecule has 1 nitrogen and oxygen atoms in total. The molecule has 2 rings (SSSR count). The minimum absolute atomic E-state index is 0.247. The van der Waals surface area contributed by atoms with Crippen molar-refractivity contribution in [2.75, 3.05) is 5.32 Å². The molecule has 0 aliphatic carbocycles. The maximum absolute atomic E-state index is 6.29. The minimum Gasteiger partial charge on any atom is -0.376 e. The molecule has 1 atom stereocenters. The topological polar surface area (TPSA) is 12.0 Å². The second-order valence-electron chi connectivity index (χ2n) is 4.96. The first kappa shape index (κ1) is 14.7. The summed E-state index contributed by atoms with van der Waals surface area (Å²) in [7, 11) is 0. The Kier molecular flexibility index (Phi) is 4.77. The highest BCUT2D eigenvalue weighted by molar-refractivity contribution is 7.10. The summed E-state index contributed by atoms with van der Waals surface area (Å²) in [5.74, 6) is 0.467. The van der Waals surface area contributed by atoms with E-state index in [0.717, 1.165) is 16.3 Å². The molecule has 0 radical (unpaired) electrons. The number of aryl methyl sites for hydroxylation is 1. The number of rotatable bonds is 4. The highest BCUT2D eigenvalue weighted by atomic mass is 35.5. The lowest BCUT2D eigenvalue weighted by molar-refractivity contribution is 0.554. The van der Waals surface area contributed by atoms with Gasteiger partial charge in [-0.25, -0.2) is 0 Å². The van der Waals surface area contributed by atoms with Gasteiger partial charge in [0.15, 0.2) is 0 Å². The van der Waals surface area contributed by atoms with E-state index in [2.05, 4.69) is 36.7 Å². The summed E-state index contributed by atoms with van der Waals surface area (Å²) in [6.45, 7) is 6.35. The molecule has 0 bridgehead atoms. The van der Waals surface area contributed by atoms with Crippen molar-refractivity contribution < 1.29 is 0 Å². The number of benzene rings is 1. The number of hydrogen-bond donors (Lipinski definition) is 1. The Morgan fingerprint density at radius 1 is 1.16 bits per heavy atom. The molecule has 0 aliphatic rings. The largest absolute Gasteiger partial charge is 0.376 e. The third-order valence-electron chi connectivity index (χ3n) is 3.08. The molecule has 0 fully saturated rings. The standard InChI is InChI=1S/C15H17Cl2NS/c1-9(2)15(14-5-4-6-19-14)18-13-8-11(16)10(3)7-12(13)17/h4-9,15,18H,1-3H3. The average Bonchev–Trinajstić information content (AvgIpc) is 2.85. The summed E-state index contributed by atoms with van der Waals surface area (Å²) in [5.41, 5.74) is 1.89. The molecular weight excluding hydrogens is 297 g/mol. The molecule has 1 heterocycles. The predicted octanol–water partition coefficient (Wildman–Crippen LogP) is 6.17. The summed E-state index contributed by atoms with van der Waals surface area (Å²) in [4.78, 5) is 1.31. The molecule has 0 spiro atoms. The van der Waals surface area contributed by atoms with E-state index in [0.29, 0.717) is 10.9 Å². The number of nitrogens with one attached hydrogen (secondary N) is 1. The van der Waals surface area contributed by atoms with Crippen LogP contribution in [-0.2, 0) is 0 Å². The second-order valence-corrected chi connectivity index (χ2v) is 6.76. The lowest BCUT2D eigenvalue weighted by Gasteiger charge is -2.23. The van der Waals surface area contributed by atoms with E-state index in [4.69, 9.17) is 23.2 Å². The van der Waals surface area contributed by atoms with Gasteiger partial charge in [0.2, 0.25) is 0 Å². The summed E-state index contributed by atoms with van der Waals surface area (Å²) >= 11 is 14.2. The molecule has 2 aromatic rings. The lowest BCUT2D eigenvalue weighted by Crippen LogP contribution is -2.15. The molecule has 1 aromatic carbocycles. The van der Waals surface area contributed by atoms with Gasteiger partial charge in [-0.05, 0) is 42.0 Å². The molecule has 4 heteroatoms. The molecule has 1 unspecified atom stereocenters. The van der Waals surface area contributed by atoms with Gasteiger partial charge in [0.1, 0.15) is 0 Å². The van der Waals surface area contributed by atoms with Gasteiger partial charge < -0.3 is 5.32 Å². The van der Waals surface area contributed by atoms with Crippen molar-refractivity contribution in [3.63, 3.8) is 0 Å². The van der Waals surface area contributed by atoms with Crippen LogP contribution in [0.1, 0.15) is 30.3 Å². The number of anilines is 1. The van der Waals surface area contributed by atoms with Gasteiger partial charge in [0.25, 0.3) is 0 Å². The number of thiophene rings is 1. The molecule has 0 saturated carbocycles. The lowest BCUT2D eigenvalue weighted by atomic mass is 10.0. The smallest absolute Gasteiger partial charge is 0.0641 e. The predicted molar refractivity (Wildman–Crippen MR) is 86.7 cm³/mol. The van der Waals surface area contributed by atoms with Crippen molar-refractivity contribution in [1.82, 2.24) is 0 Å². The zero-order valence-electron chi connectivity index (χ0n) is 11.2. The van der Waals surface area contributed by atoms with Crippen molar-refractivity contribution in [2.45, 2.75) is 26.8 Å². The Labute approximate surface area is 128 Å². The van der Waals surface area contributed by atoms with Gasteiger partial charge in [-0.1, -0.05) is 43.1 Å². The van der Waals surface area contributed by atoms with Crippen LogP contribution in [0.5, 0.6) is 0 Å². The van der Waals surface area contributed by atoms with E-state index >= 15 is 0 Å². The highest BCUT2D eigenvalue weighted by Crippen LogP contribution is 2.35. The molecule has 102 valence electrons. The Bertz CT molecular complexity index is 550. The number of hydrogen-bond acceptors (Lipinski definition) is 2. The monoisotopic (exact) mass is 313 g/mol. The minimum atomic E-state index is 0.247. The van der Waals surface area contributed by atoms with Crippen LogP contribution in [0.2, 0.25) is 10.0 Å². The van der Waals surface area contributed by atoms with E-state index in [1.807, 2.05) is 19.1 Å². The maximum Gasteiger partial charge on any atom is 0.0641 e. The van der Waals surface area contributed by atoms with Crippen LogP contribution in [0.25, 0.3) is 0 Å². The first-order valence-electron chi connectivity index (χ1n) is 6.24. The van der Waals surface area contributed by atoms with Crippen LogP contribution >= 0.6 is 34.5 Å². The molecular formula is C15H17Cl2NS. The van der Waals surface area contributed by atoms with Crippen LogP contribution in [0.3, 0.4) is 0 Å². The summed E-state index contributed by atoms with van der Waals surface area (Å²) in [5, 5.41) is 7.05. The zero-order valence-corrected chi connectivity index (χ0v) is 13.5. The quantitative estimate of drug-likeness (QED) is 0.711. The molecule has 1 aromatic heterocycles. The van der Waals surface area contributed by atoms with Crippen LogP contribution < -0.4 is 5.32 Å². The normalized spacial score (nSPS) is 12.7. The van der Waals surface area contributed by atoms with Crippen LogP contribution in [0.4, 0.5) is 5.69 Å². The SMILES string of the molecule is Cc1cc(Cl)c(NC(c2cccs2)C(C)C)cc1Cl. The zero-order chi connectivity index (χ0) is 14.0. The van der Waals surface area contributed by atoms with Gasteiger partial charge in [-0.3, -0.25) is 0 Å². The van der Waals surface area contributed by atoms with Crippen LogP contribution in [0.15, 0.2) is 29.6 Å². The Morgan fingerprint density at radius 3 is 2.47 bits per heavy atom. The first-order valence-corrected chi connectivity index (χ1v) is 7.88. The van der Waals surface area contributed by atoms with E-state index in [1.54, 1.807) is 11.3 Å². The highest BCUT2D eigenvalue weighted by Gasteiger charge is 2.18. The fourth-order valence-corrected chi connectivity index (χ4v) is 3.34. The molecule has 0 amide bonds. The Morgan fingerprint density at radius 2 is 1.89 bits per heavy atom. The van der Waals surface area contributed by atoms with Gasteiger partial charge in [0, 0.05) is 9.90 Å². The summed E-state index contributed by atoms with van der Waals surface area (Å²) < 4.78 is 0. The van der Waals surface area contributed by atoms with E-state index in [1.165, 1.54) is 4.88 Å². The van der Waals surface area contributed by atoms with Crippen LogP contribution in [0, 0.1) is 12.8 Å². The van der Waals surface area contributed by atoms with Gasteiger partial charge >= 0.3 is 0 Å².